The molecule has 0 aliphatic heterocycles. The molecule has 5 rings (SSSR count). The SMILES string of the molecule is CC(=O)/C=C(/C)O.CC(C)Cc1cc(-c2nccc3c2oc2c[c]([Ge]([CH3])([CH3])[CH3])ccc23)[c-]c2ccccc12.[Ir]. The third-order valence-corrected chi connectivity index (χ3v) is 10.7. The average Bonchev–Trinajstić information content (AvgIpc) is 3.21. The van der Waals surface area contributed by atoms with Crippen molar-refractivity contribution in [3.05, 3.63) is 84.3 Å². The van der Waals surface area contributed by atoms with Gasteiger partial charge in [0.2, 0.25) is 0 Å². The van der Waals surface area contributed by atoms with Crippen LogP contribution in [-0.2, 0) is 31.3 Å². The number of carbonyl (C=O) groups is 1. The quantitative estimate of drug-likeness (QED) is 0.0847. The van der Waals surface area contributed by atoms with Gasteiger partial charge in [0.1, 0.15) is 0 Å². The van der Waals surface area contributed by atoms with Crippen molar-refractivity contribution in [2.45, 2.75) is 51.4 Å². The Kier molecular flexibility index (Phi) is 9.98. The molecule has 39 heavy (non-hydrogen) atoms. The van der Waals surface area contributed by atoms with Crippen LogP contribution in [0.1, 0.15) is 33.3 Å². The maximum atomic E-state index is 10.0. The summed E-state index contributed by atoms with van der Waals surface area (Å²) < 4.78 is 7.91. The van der Waals surface area contributed by atoms with E-state index >= 15 is 0 Å². The third-order valence-electron chi connectivity index (χ3n) is 6.41. The zero-order valence-corrected chi connectivity index (χ0v) is 28.2. The topological polar surface area (TPSA) is 63.3 Å². The Bertz CT molecular complexity index is 1660. The van der Waals surface area contributed by atoms with Crippen molar-refractivity contribution in [1.29, 1.82) is 0 Å². The number of hydrogen-bond donors (Lipinski definition) is 1. The van der Waals surface area contributed by atoms with E-state index in [1.165, 1.54) is 35.3 Å². The molecule has 0 atom stereocenters. The third kappa shape index (κ3) is 7.27. The van der Waals surface area contributed by atoms with E-state index in [9.17, 15) is 4.79 Å². The molecule has 2 aromatic heterocycles. The molecule has 0 unspecified atom stereocenters. The number of allylic oxidation sites excluding steroid dienone is 2. The summed E-state index contributed by atoms with van der Waals surface area (Å²) in [6, 6.07) is 23.2. The summed E-state index contributed by atoms with van der Waals surface area (Å²) in [5.74, 6) is 7.76. The van der Waals surface area contributed by atoms with E-state index < -0.39 is 13.3 Å². The monoisotopic (exact) mass is 761 g/mol. The second kappa shape index (κ2) is 12.6. The fourth-order valence-corrected chi connectivity index (χ4v) is 7.10. The number of pyridine rings is 1. The number of aliphatic hydroxyl groups is 1. The molecule has 0 bridgehead atoms. The zero-order chi connectivity index (χ0) is 27.6. The van der Waals surface area contributed by atoms with Crippen molar-refractivity contribution in [1.82, 2.24) is 4.98 Å². The Balaban J connectivity index is 0.000000468. The van der Waals surface area contributed by atoms with Gasteiger partial charge in [-0.3, -0.25) is 4.79 Å². The van der Waals surface area contributed by atoms with Crippen LogP contribution in [0.5, 0.6) is 0 Å². The first-order chi connectivity index (χ1) is 17.9. The van der Waals surface area contributed by atoms with E-state index in [2.05, 4.69) is 91.8 Å². The molecule has 0 aliphatic carbocycles. The summed E-state index contributed by atoms with van der Waals surface area (Å²) in [4.78, 5) is 14.8. The fraction of sp³-hybridized carbons (Fsp3) is 0.273. The van der Waals surface area contributed by atoms with Crippen molar-refractivity contribution in [3.63, 3.8) is 0 Å². The second-order valence-electron chi connectivity index (χ2n) is 11.3. The van der Waals surface area contributed by atoms with E-state index in [1.807, 2.05) is 6.20 Å². The van der Waals surface area contributed by atoms with E-state index in [4.69, 9.17) is 14.5 Å². The number of furan rings is 1. The van der Waals surface area contributed by atoms with E-state index in [0.717, 1.165) is 45.0 Å². The molecule has 2 heterocycles. The van der Waals surface area contributed by atoms with E-state index in [1.54, 1.807) is 0 Å². The van der Waals surface area contributed by atoms with Gasteiger partial charge in [-0.1, -0.05) is 0 Å². The molecule has 6 heteroatoms. The van der Waals surface area contributed by atoms with Crippen LogP contribution in [0.15, 0.2) is 77.0 Å². The molecule has 0 saturated carbocycles. The minimum atomic E-state index is -1.93. The molecule has 0 fully saturated rings. The molecule has 0 saturated heterocycles. The summed E-state index contributed by atoms with van der Waals surface area (Å²) in [5, 5.41) is 13.1. The zero-order valence-electron chi connectivity index (χ0n) is 23.7. The Morgan fingerprint density at radius 3 is 2.36 bits per heavy atom. The van der Waals surface area contributed by atoms with Gasteiger partial charge < -0.3 is 5.11 Å². The summed E-state index contributed by atoms with van der Waals surface area (Å²) >= 11 is -1.93. The number of aromatic nitrogens is 1. The van der Waals surface area contributed by atoms with Crippen LogP contribution >= 0.6 is 0 Å². The number of aliphatic hydroxyl groups excluding tert-OH is 1. The normalized spacial score (nSPS) is 11.9. The van der Waals surface area contributed by atoms with Crippen LogP contribution in [0.4, 0.5) is 0 Å². The molecule has 205 valence electrons. The van der Waals surface area contributed by atoms with E-state index in [0.29, 0.717) is 5.92 Å². The number of rotatable bonds is 5. The van der Waals surface area contributed by atoms with Crippen LogP contribution in [0, 0.1) is 12.0 Å². The van der Waals surface area contributed by atoms with Gasteiger partial charge in [0.05, 0.1) is 5.76 Å². The Labute approximate surface area is 247 Å². The van der Waals surface area contributed by atoms with Crippen LogP contribution in [0.25, 0.3) is 44.0 Å². The largest absolute Gasteiger partial charge is 0 e. The minimum Gasteiger partial charge on any atom is 0 e. The molecular weight excluding hydrogens is 723 g/mol. The number of ketones is 1. The van der Waals surface area contributed by atoms with Gasteiger partial charge in [0.25, 0.3) is 0 Å². The Hall–Kier alpha value is -2.73. The van der Waals surface area contributed by atoms with Crippen molar-refractivity contribution in [3.8, 4) is 11.3 Å². The van der Waals surface area contributed by atoms with Crippen molar-refractivity contribution in [2.24, 2.45) is 5.92 Å². The van der Waals surface area contributed by atoms with Crippen molar-refractivity contribution < 1.29 is 34.4 Å². The molecule has 0 amide bonds. The molecule has 0 aliphatic rings. The van der Waals surface area contributed by atoms with Gasteiger partial charge in [-0.05, 0) is 13.8 Å². The molecule has 1 radical (unpaired) electrons. The van der Waals surface area contributed by atoms with Crippen LogP contribution in [0.3, 0.4) is 0 Å². The van der Waals surface area contributed by atoms with Gasteiger partial charge in [-0.2, -0.15) is 0 Å². The van der Waals surface area contributed by atoms with Gasteiger partial charge in [-0.25, -0.2) is 0 Å². The predicted molar refractivity (Wildman–Crippen MR) is 162 cm³/mol. The van der Waals surface area contributed by atoms with Crippen molar-refractivity contribution >= 4 is 56.2 Å². The standard InChI is InChI=1S/C28H28GeNO.C5H8O2.Ir/c1-18(2)14-20-16-21(15-19-8-6-7-9-23(19)20)27-28-25(12-13-30-27)24-11-10-22(29(3,4)5)17-26(24)31-28;1-4(6)3-5(2)7;/h6-13,16-18H,14H2,1-5H3;3,6H,1-2H3;/q-1;;/b;4-3-;. The summed E-state index contributed by atoms with van der Waals surface area (Å²) in [6.07, 6.45) is 4.09. The average molecular weight is 759 g/mol. The first-order valence-corrected chi connectivity index (χ1v) is 20.4. The van der Waals surface area contributed by atoms with Gasteiger partial charge in [0.15, 0.2) is 5.78 Å². The van der Waals surface area contributed by atoms with Gasteiger partial charge in [0, 0.05) is 26.2 Å². The number of hydrogen-bond acceptors (Lipinski definition) is 4. The second-order valence-corrected chi connectivity index (χ2v) is 22.0. The smallest absolute Gasteiger partial charge is 0 e. The minimum absolute atomic E-state index is 0. The number of carbonyl (C=O) groups excluding carboxylic acids is 1. The fourth-order valence-electron chi connectivity index (χ4n) is 4.70. The molecule has 5 aromatic rings. The summed E-state index contributed by atoms with van der Waals surface area (Å²) in [7, 11) is 0. The summed E-state index contributed by atoms with van der Waals surface area (Å²) in [6.45, 7) is 7.38. The van der Waals surface area contributed by atoms with Crippen LogP contribution in [-0.4, -0.2) is 29.1 Å². The number of benzene rings is 3. The summed E-state index contributed by atoms with van der Waals surface area (Å²) in [5.41, 5.74) is 5.05. The molecule has 0 spiro atoms. The first-order valence-electron chi connectivity index (χ1n) is 13.1. The van der Waals surface area contributed by atoms with Crippen LogP contribution in [0.2, 0.25) is 17.3 Å². The molecule has 3 aromatic carbocycles. The Morgan fingerprint density at radius 2 is 1.74 bits per heavy atom. The molecular formula is C33H36GeIrNO3-. The number of nitrogens with zero attached hydrogens (tertiary/aromatic N) is 1. The molecule has 1 N–H and O–H groups in total. The molecule has 4 nitrogen and oxygen atoms in total. The number of fused-ring (bicyclic) bond motifs is 4. The van der Waals surface area contributed by atoms with Gasteiger partial charge >= 0.3 is 187 Å². The van der Waals surface area contributed by atoms with Gasteiger partial charge in [-0.15, -0.1) is 0 Å². The first kappa shape index (κ1) is 30.8. The maximum absolute atomic E-state index is 10.0. The maximum Gasteiger partial charge on any atom is 0 e. The van der Waals surface area contributed by atoms with Crippen molar-refractivity contribution in [2.75, 3.05) is 0 Å². The predicted octanol–water partition coefficient (Wildman–Crippen LogP) is 8.38. The van der Waals surface area contributed by atoms with Crippen LogP contribution < -0.4 is 4.40 Å². The van der Waals surface area contributed by atoms with E-state index in [-0.39, 0.29) is 31.6 Å². The Morgan fingerprint density at radius 1 is 1.03 bits per heavy atom.